The zero-order valence-corrected chi connectivity index (χ0v) is 18.7. The minimum Gasteiger partial charge on any atom is -0.496 e. The summed E-state index contributed by atoms with van der Waals surface area (Å²) in [6, 6.07) is 15.3. The van der Waals surface area contributed by atoms with E-state index in [-0.39, 0.29) is 12.5 Å². The van der Waals surface area contributed by atoms with Crippen molar-refractivity contribution < 1.29 is 14.3 Å². The van der Waals surface area contributed by atoms with Crippen molar-refractivity contribution in [2.45, 2.75) is 0 Å². The SMILES string of the molecule is CNCC(=O)Nc1ccc(-c2ccn3cc(-c4cc(Cl)c(OC)cc4OC)nc3c2)cc1. The number of aromatic nitrogens is 2. The molecule has 32 heavy (non-hydrogen) atoms. The van der Waals surface area contributed by atoms with Gasteiger partial charge in [0.25, 0.3) is 0 Å². The molecule has 8 heteroatoms. The molecule has 4 aromatic rings. The minimum absolute atomic E-state index is 0.0827. The molecule has 0 spiro atoms. The van der Waals surface area contributed by atoms with Crippen LogP contribution in [0.1, 0.15) is 0 Å². The van der Waals surface area contributed by atoms with Crippen LogP contribution in [-0.2, 0) is 4.79 Å². The normalized spacial score (nSPS) is 10.9. The van der Waals surface area contributed by atoms with Crippen LogP contribution in [0.15, 0.2) is 60.9 Å². The number of ether oxygens (including phenoxy) is 2. The van der Waals surface area contributed by atoms with Crippen molar-refractivity contribution >= 4 is 28.8 Å². The van der Waals surface area contributed by atoms with Gasteiger partial charge in [0.05, 0.1) is 31.5 Å². The summed E-state index contributed by atoms with van der Waals surface area (Å²) in [6.45, 7) is 0.269. The number of likely N-dealkylation sites (N-methyl/N-ethyl adjacent to an activating group) is 1. The number of hydrogen-bond donors (Lipinski definition) is 2. The molecule has 0 aliphatic rings. The van der Waals surface area contributed by atoms with Gasteiger partial charge in [-0.3, -0.25) is 4.79 Å². The van der Waals surface area contributed by atoms with Crippen molar-refractivity contribution in [1.29, 1.82) is 0 Å². The highest BCUT2D eigenvalue weighted by Gasteiger charge is 2.15. The van der Waals surface area contributed by atoms with Gasteiger partial charge in [0.1, 0.15) is 17.1 Å². The molecule has 0 atom stereocenters. The van der Waals surface area contributed by atoms with Crippen LogP contribution in [0.5, 0.6) is 11.5 Å². The van der Waals surface area contributed by atoms with E-state index in [4.69, 9.17) is 26.1 Å². The Bertz CT molecular complexity index is 1270. The molecule has 4 rings (SSSR count). The molecule has 0 bridgehead atoms. The number of pyridine rings is 1. The molecular weight excluding hydrogens is 428 g/mol. The van der Waals surface area contributed by atoms with Crippen LogP contribution < -0.4 is 20.1 Å². The van der Waals surface area contributed by atoms with Gasteiger partial charge >= 0.3 is 0 Å². The van der Waals surface area contributed by atoms with Crippen molar-refractivity contribution in [3.63, 3.8) is 0 Å². The second-order valence-corrected chi connectivity index (χ2v) is 7.56. The van der Waals surface area contributed by atoms with E-state index in [0.717, 1.165) is 33.7 Å². The standard InChI is InChI=1S/C24H23ClN4O3/c1-26-13-24(30)27-17-6-4-15(5-7-17)16-8-9-29-14-20(28-23(29)10-16)18-11-19(25)22(32-3)12-21(18)31-2/h4-12,14,26H,13H2,1-3H3,(H,27,30). The molecule has 2 aromatic carbocycles. The Hall–Kier alpha value is -3.55. The zero-order chi connectivity index (χ0) is 22.7. The molecule has 0 radical (unpaired) electrons. The van der Waals surface area contributed by atoms with Gasteiger partial charge in [-0.2, -0.15) is 0 Å². The molecule has 0 aliphatic carbocycles. The fourth-order valence-corrected chi connectivity index (χ4v) is 3.70. The summed E-state index contributed by atoms with van der Waals surface area (Å²) in [4.78, 5) is 16.5. The molecule has 0 saturated carbocycles. The summed E-state index contributed by atoms with van der Waals surface area (Å²) in [6.07, 6.45) is 3.89. The fourth-order valence-electron chi connectivity index (χ4n) is 3.46. The van der Waals surface area contributed by atoms with Crippen LogP contribution in [0.3, 0.4) is 0 Å². The van der Waals surface area contributed by atoms with Gasteiger partial charge in [0.2, 0.25) is 5.91 Å². The summed E-state index contributed by atoms with van der Waals surface area (Å²) in [5.41, 5.74) is 5.10. The summed E-state index contributed by atoms with van der Waals surface area (Å²) < 4.78 is 12.7. The number of imidazole rings is 1. The van der Waals surface area contributed by atoms with Gasteiger partial charge in [-0.1, -0.05) is 23.7 Å². The van der Waals surface area contributed by atoms with E-state index in [2.05, 4.69) is 10.6 Å². The van der Waals surface area contributed by atoms with Gasteiger partial charge in [-0.25, -0.2) is 4.98 Å². The molecule has 0 unspecified atom stereocenters. The molecule has 2 N–H and O–H groups in total. The first kappa shape index (κ1) is 21.7. The molecule has 164 valence electrons. The smallest absolute Gasteiger partial charge is 0.238 e. The van der Waals surface area contributed by atoms with Crippen molar-refractivity contribution in [3.8, 4) is 33.9 Å². The Balaban J connectivity index is 1.64. The van der Waals surface area contributed by atoms with E-state index < -0.39 is 0 Å². The lowest BCUT2D eigenvalue weighted by atomic mass is 10.1. The van der Waals surface area contributed by atoms with E-state index in [1.54, 1.807) is 33.4 Å². The van der Waals surface area contributed by atoms with E-state index in [9.17, 15) is 4.79 Å². The summed E-state index contributed by atoms with van der Waals surface area (Å²) >= 11 is 6.33. The predicted molar refractivity (Wildman–Crippen MR) is 127 cm³/mol. The van der Waals surface area contributed by atoms with Gasteiger partial charge in [-0.15, -0.1) is 0 Å². The Morgan fingerprint density at radius 1 is 1.03 bits per heavy atom. The summed E-state index contributed by atoms with van der Waals surface area (Å²) in [5, 5.41) is 6.16. The van der Waals surface area contributed by atoms with Crippen LogP contribution in [0.4, 0.5) is 5.69 Å². The highest BCUT2D eigenvalue weighted by Crippen LogP contribution is 2.38. The third-order valence-corrected chi connectivity index (χ3v) is 5.34. The predicted octanol–water partition coefficient (Wildman–Crippen LogP) is 4.50. The number of nitrogens with one attached hydrogen (secondary N) is 2. The Morgan fingerprint density at radius 3 is 2.47 bits per heavy atom. The number of rotatable bonds is 7. The first-order chi connectivity index (χ1) is 15.5. The van der Waals surface area contributed by atoms with Crippen molar-refractivity contribution in [1.82, 2.24) is 14.7 Å². The van der Waals surface area contributed by atoms with Crippen molar-refractivity contribution in [3.05, 3.63) is 65.9 Å². The Morgan fingerprint density at radius 2 is 1.78 bits per heavy atom. The van der Waals surface area contributed by atoms with Crippen molar-refractivity contribution in [2.24, 2.45) is 0 Å². The third-order valence-electron chi connectivity index (χ3n) is 5.05. The zero-order valence-electron chi connectivity index (χ0n) is 18.0. The fraction of sp³-hybridized carbons (Fsp3) is 0.167. The number of nitrogens with zero attached hydrogens (tertiary/aromatic N) is 2. The maximum absolute atomic E-state index is 11.7. The van der Waals surface area contributed by atoms with Crippen LogP contribution in [0, 0.1) is 0 Å². The molecule has 0 fully saturated rings. The maximum atomic E-state index is 11.7. The minimum atomic E-state index is -0.0827. The third kappa shape index (κ3) is 4.39. The molecule has 0 saturated heterocycles. The van der Waals surface area contributed by atoms with E-state index in [1.165, 1.54) is 0 Å². The maximum Gasteiger partial charge on any atom is 0.238 e. The second kappa shape index (κ2) is 9.30. The lowest BCUT2D eigenvalue weighted by molar-refractivity contribution is -0.115. The lowest BCUT2D eigenvalue weighted by Crippen LogP contribution is -2.24. The first-order valence-corrected chi connectivity index (χ1v) is 10.4. The number of carbonyl (C=O) groups excluding carboxylic acids is 1. The van der Waals surface area contributed by atoms with Gasteiger partial charge in [0, 0.05) is 29.7 Å². The van der Waals surface area contributed by atoms with Crippen molar-refractivity contribution in [2.75, 3.05) is 33.1 Å². The first-order valence-electron chi connectivity index (χ1n) is 9.98. The van der Waals surface area contributed by atoms with Crippen LogP contribution >= 0.6 is 11.6 Å². The number of halogens is 1. The quantitative estimate of drug-likeness (QED) is 0.433. The number of hydrogen-bond acceptors (Lipinski definition) is 5. The molecule has 2 aromatic heterocycles. The number of anilines is 1. The van der Waals surface area contributed by atoms with Gasteiger partial charge in [-0.05, 0) is 48.5 Å². The second-order valence-electron chi connectivity index (χ2n) is 7.15. The molecule has 2 heterocycles. The summed E-state index contributed by atoms with van der Waals surface area (Å²) in [5.74, 6) is 1.09. The average molecular weight is 451 g/mol. The average Bonchev–Trinajstić information content (AvgIpc) is 3.23. The monoisotopic (exact) mass is 450 g/mol. The van der Waals surface area contributed by atoms with E-state index in [0.29, 0.717) is 16.5 Å². The number of amides is 1. The van der Waals surface area contributed by atoms with Gasteiger partial charge < -0.3 is 24.5 Å². The highest BCUT2D eigenvalue weighted by molar-refractivity contribution is 6.32. The number of benzene rings is 2. The van der Waals surface area contributed by atoms with E-state index in [1.807, 2.05) is 53.2 Å². The summed E-state index contributed by atoms with van der Waals surface area (Å²) in [7, 11) is 4.90. The Kier molecular flexibility index (Phi) is 6.30. The molecule has 7 nitrogen and oxygen atoms in total. The Labute approximate surface area is 190 Å². The molecule has 0 aliphatic heterocycles. The van der Waals surface area contributed by atoms with Crippen LogP contribution in [0.25, 0.3) is 28.0 Å². The number of carbonyl (C=O) groups is 1. The highest BCUT2D eigenvalue weighted by atomic mass is 35.5. The van der Waals surface area contributed by atoms with Crippen LogP contribution in [0.2, 0.25) is 5.02 Å². The largest absolute Gasteiger partial charge is 0.496 e. The molecule has 1 amide bonds. The lowest BCUT2D eigenvalue weighted by Gasteiger charge is -2.10. The van der Waals surface area contributed by atoms with Gasteiger partial charge in [0.15, 0.2) is 0 Å². The topological polar surface area (TPSA) is 76.9 Å². The number of fused-ring (bicyclic) bond motifs is 1. The van der Waals surface area contributed by atoms with Crippen LogP contribution in [-0.4, -0.2) is 43.1 Å². The van der Waals surface area contributed by atoms with E-state index >= 15 is 0 Å². The molecular formula is C24H23ClN4O3. The number of methoxy groups -OCH3 is 2.